The van der Waals surface area contributed by atoms with Crippen molar-refractivity contribution in [3.63, 3.8) is 0 Å². The highest BCUT2D eigenvalue weighted by molar-refractivity contribution is 9.10. The van der Waals surface area contributed by atoms with Gasteiger partial charge in [0.05, 0.1) is 18.7 Å². The fourth-order valence-corrected chi connectivity index (χ4v) is 2.91. The van der Waals surface area contributed by atoms with E-state index in [4.69, 9.17) is 14.2 Å². The molecule has 0 radical (unpaired) electrons. The minimum atomic E-state index is -0.123. The summed E-state index contributed by atoms with van der Waals surface area (Å²) < 4.78 is 17.5. The van der Waals surface area contributed by atoms with Gasteiger partial charge < -0.3 is 19.5 Å². The molecule has 1 amide bonds. The summed E-state index contributed by atoms with van der Waals surface area (Å²) in [6.07, 6.45) is 0.258. The van der Waals surface area contributed by atoms with Crippen LogP contribution >= 0.6 is 15.9 Å². The van der Waals surface area contributed by atoms with E-state index in [1.54, 1.807) is 12.1 Å². The Morgan fingerprint density at radius 3 is 2.64 bits per heavy atom. The summed E-state index contributed by atoms with van der Waals surface area (Å²) in [6.45, 7) is 5.35. The summed E-state index contributed by atoms with van der Waals surface area (Å²) in [6, 6.07) is 9.59. The van der Waals surface area contributed by atoms with Crippen LogP contribution in [-0.2, 0) is 4.79 Å². The number of carbonyl (C=O) groups excluding carboxylic acids is 1. The van der Waals surface area contributed by atoms with E-state index >= 15 is 0 Å². The van der Waals surface area contributed by atoms with Crippen molar-refractivity contribution in [2.24, 2.45) is 0 Å². The highest BCUT2D eigenvalue weighted by Crippen LogP contribution is 2.38. The molecule has 0 fully saturated rings. The number of ether oxygens (including phenoxy) is 3. The molecule has 0 saturated heterocycles. The van der Waals surface area contributed by atoms with Crippen molar-refractivity contribution in [1.29, 1.82) is 0 Å². The largest absolute Gasteiger partial charge is 0.493 e. The maximum Gasteiger partial charge on any atom is 0.227 e. The minimum absolute atomic E-state index is 0.123. The highest BCUT2D eigenvalue weighted by Gasteiger charge is 2.16. The van der Waals surface area contributed by atoms with Gasteiger partial charge in [-0.15, -0.1) is 0 Å². The van der Waals surface area contributed by atoms with E-state index in [1.807, 2.05) is 32.0 Å². The molecule has 1 aliphatic heterocycles. The number of rotatable bonds is 5. The number of amides is 1. The van der Waals surface area contributed by atoms with Gasteiger partial charge in [-0.3, -0.25) is 4.79 Å². The lowest BCUT2D eigenvalue weighted by atomic mass is 10.1. The SMILES string of the molecule is Cc1ccc(C)c(OCCC(=O)Nc2cc3c(cc2Br)OCCO3)c1. The fraction of sp³-hybridized carbons (Fsp3) is 0.316. The molecule has 132 valence electrons. The number of anilines is 1. The first-order valence-electron chi connectivity index (χ1n) is 8.12. The molecule has 0 saturated carbocycles. The maximum atomic E-state index is 12.2. The van der Waals surface area contributed by atoms with E-state index in [9.17, 15) is 4.79 Å². The summed E-state index contributed by atoms with van der Waals surface area (Å²) in [4.78, 5) is 12.2. The molecular formula is C19H20BrNO4. The monoisotopic (exact) mass is 405 g/mol. The third-order valence-corrected chi connectivity index (χ3v) is 4.49. The molecule has 0 aliphatic carbocycles. The Morgan fingerprint density at radius 1 is 1.16 bits per heavy atom. The fourth-order valence-electron chi connectivity index (χ4n) is 2.49. The topological polar surface area (TPSA) is 56.8 Å². The van der Waals surface area contributed by atoms with Crippen LogP contribution in [0.15, 0.2) is 34.8 Å². The Kier molecular flexibility index (Phi) is 5.48. The van der Waals surface area contributed by atoms with E-state index in [1.165, 1.54) is 0 Å². The van der Waals surface area contributed by atoms with Crippen molar-refractivity contribution in [2.75, 3.05) is 25.1 Å². The van der Waals surface area contributed by atoms with Gasteiger partial charge in [-0.25, -0.2) is 0 Å². The molecule has 0 atom stereocenters. The lowest BCUT2D eigenvalue weighted by Gasteiger charge is -2.20. The number of hydrogen-bond donors (Lipinski definition) is 1. The van der Waals surface area contributed by atoms with Crippen molar-refractivity contribution in [3.8, 4) is 17.2 Å². The van der Waals surface area contributed by atoms with Crippen LogP contribution in [0.1, 0.15) is 17.5 Å². The summed E-state index contributed by atoms with van der Waals surface area (Å²) in [5.74, 6) is 2.00. The highest BCUT2D eigenvalue weighted by atomic mass is 79.9. The van der Waals surface area contributed by atoms with Gasteiger partial charge in [-0.2, -0.15) is 0 Å². The number of aryl methyl sites for hydroxylation is 2. The first kappa shape index (κ1) is 17.6. The average Bonchev–Trinajstić information content (AvgIpc) is 2.58. The maximum absolute atomic E-state index is 12.2. The smallest absolute Gasteiger partial charge is 0.227 e. The average molecular weight is 406 g/mol. The van der Waals surface area contributed by atoms with Crippen LogP contribution in [0.4, 0.5) is 5.69 Å². The van der Waals surface area contributed by atoms with Crippen molar-refractivity contribution >= 4 is 27.5 Å². The number of hydrogen-bond acceptors (Lipinski definition) is 4. The molecule has 3 rings (SSSR count). The van der Waals surface area contributed by atoms with Crippen LogP contribution in [0.5, 0.6) is 17.2 Å². The lowest BCUT2D eigenvalue weighted by Crippen LogP contribution is -2.18. The van der Waals surface area contributed by atoms with Crippen molar-refractivity contribution in [2.45, 2.75) is 20.3 Å². The van der Waals surface area contributed by atoms with Gasteiger partial charge in [-0.05, 0) is 47.0 Å². The number of benzene rings is 2. The van der Waals surface area contributed by atoms with E-state index in [-0.39, 0.29) is 12.3 Å². The molecule has 1 heterocycles. The van der Waals surface area contributed by atoms with Crippen LogP contribution in [0.25, 0.3) is 0 Å². The van der Waals surface area contributed by atoms with E-state index in [2.05, 4.69) is 21.2 Å². The molecule has 0 spiro atoms. The molecule has 25 heavy (non-hydrogen) atoms. The zero-order chi connectivity index (χ0) is 17.8. The molecule has 2 aromatic carbocycles. The quantitative estimate of drug-likeness (QED) is 0.807. The zero-order valence-electron chi connectivity index (χ0n) is 14.2. The van der Waals surface area contributed by atoms with Gasteiger partial charge in [0.15, 0.2) is 11.5 Å². The lowest BCUT2D eigenvalue weighted by molar-refractivity contribution is -0.116. The van der Waals surface area contributed by atoms with Gasteiger partial charge in [0.2, 0.25) is 5.91 Å². The second-order valence-corrected chi connectivity index (χ2v) is 6.75. The third kappa shape index (κ3) is 4.45. The van der Waals surface area contributed by atoms with Crippen LogP contribution < -0.4 is 19.5 Å². The number of nitrogens with one attached hydrogen (secondary N) is 1. The second-order valence-electron chi connectivity index (χ2n) is 5.89. The Labute approximate surface area is 155 Å². The summed E-state index contributed by atoms with van der Waals surface area (Å²) in [5, 5.41) is 2.87. The molecule has 2 aromatic rings. The predicted molar refractivity (Wildman–Crippen MR) is 99.8 cm³/mol. The Morgan fingerprint density at radius 2 is 1.88 bits per heavy atom. The standard InChI is InChI=1S/C19H20BrNO4/c1-12-3-4-13(2)16(9-12)23-6-5-19(22)21-15-11-18-17(10-14(15)20)24-7-8-25-18/h3-4,9-11H,5-8H2,1-2H3,(H,21,22). The van der Waals surface area contributed by atoms with Crippen molar-refractivity contribution in [3.05, 3.63) is 45.9 Å². The Hall–Kier alpha value is -2.21. The van der Waals surface area contributed by atoms with E-state index in [0.29, 0.717) is 37.0 Å². The Balaban J connectivity index is 1.57. The third-order valence-electron chi connectivity index (χ3n) is 3.84. The van der Waals surface area contributed by atoms with Gasteiger partial charge in [0.1, 0.15) is 19.0 Å². The molecule has 6 heteroatoms. The molecule has 1 aliphatic rings. The van der Waals surface area contributed by atoms with Crippen LogP contribution in [-0.4, -0.2) is 25.7 Å². The molecule has 0 unspecified atom stereocenters. The number of carbonyl (C=O) groups is 1. The van der Waals surface area contributed by atoms with Gasteiger partial charge >= 0.3 is 0 Å². The normalized spacial score (nSPS) is 12.6. The zero-order valence-corrected chi connectivity index (χ0v) is 15.8. The van der Waals surface area contributed by atoms with Crippen molar-refractivity contribution < 1.29 is 19.0 Å². The number of halogens is 1. The van der Waals surface area contributed by atoms with E-state index < -0.39 is 0 Å². The molecule has 5 nitrogen and oxygen atoms in total. The summed E-state index contributed by atoms with van der Waals surface area (Å²) >= 11 is 3.44. The Bertz CT molecular complexity index is 791. The first-order chi connectivity index (χ1) is 12.0. The van der Waals surface area contributed by atoms with E-state index in [0.717, 1.165) is 21.3 Å². The van der Waals surface area contributed by atoms with Crippen LogP contribution in [0, 0.1) is 13.8 Å². The molecule has 0 aromatic heterocycles. The molecule has 1 N–H and O–H groups in total. The number of fused-ring (bicyclic) bond motifs is 1. The van der Waals surface area contributed by atoms with Crippen LogP contribution in [0.2, 0.25) is 0 Å². The second kappa shape index (κ2) is 7.78. The summed E-state index contributed by atoms with van der Waals surface area (Å²) in [5.41, 5.74) is 2.84. The van der Waals surface area contributed by atoms with Gasteiger partial charge in [-0.1, -0.05) is 12.1 Å². The van der Waals surface area contributed by atoms with Gasteiger partial charge in [0.25, 0.3) is 0 Å². The summed E-state index contributed by atoms with van der Waals surface area (Å²) in [7, 11) is 0. The minimum Gasteiger partial charge on any atom is -0.493 e. The predicted octanol–water partition coefficient (Wildman–Crippen LogP) is 4.24. The molecule has 0 bridgehead atoms. The molecular weight excluding hydrogens is 386 g/mol. The first-order valence-corrected chi connectivity index (χ1v) is 8.91. The van der Waals surface area contributed by atoms with Crippen LogP contribution in [0.3, 0.4) is 0 Å². The van der Waals surface area contributed by atoms with Crippen molar-refractivity contribution in [1.82, 2.24) is 0 Å². The van der Waals surface area contributed by atoms with Gasteiger partial charge in [0, 0.05) is 16.6 Å².